The molecule has 0 aliphatic rings. The van der Waals surface area contributed by atoms with E-state index >= 15 is 0 Å². The normalized spacial score (nSPS) is 11.1. The second-order valence-corrected chi connectivity index (χ2v) is 9.63. The molecule has 0 radical (unpaired) electrons. The van der Waals surface area contributed by atoms with Crippen LogP contribution in [0.2, 0.25) is 5.02 Å². The van der Waals surface area contributed by atoms with Crippen LogP contribution in [0, 0.1) is 6.92 Å². The Bertz CT molecular complexity index is 1460. The second-order valence-electron chi connectivity index (χ2n) is 7.21. The molecular weight excluding hydrogens is 507 g/mol. The summed E-state index contributed by atoms with van der Waals surface area (Å²) >= 11 is 5.86. The number of pyridine rings is 1. The number of aromatic nitrogens is 3. The first kappa shape index (κ1) is 26.6. The number of halogens is 1. The fourth-order valence-corrected chi connectivity index (χ4v) is 4.53. The maximum atomic E-state index is 12.9. The van der Waals surface area contributed by atoms with Crippen LogP contribution in [0.1, 0.15) is 16.1 Å². The average Bonchev–Trinajstić information content (AvgIpc) is 3.07. The van der Waals surface area contributed by atoms with Gasteiger partial charge in [-0.3, -0.25) is 4.68 Å². The van der Waals surface area contributed by atoms with Gasteiger partial charge in [0.1, 0.15) is 17.4 Å². The minimum absolute atomic E-state index is 0. The van der Waals surface area contributed by atoms with Crippen LogP contribution < -0.4 is 66.5 Å². The van der Waals surface area contributed by atoms with Crippen molar-refractivity contribution in [2.75, 3.05) is 11.2 Å². The van der Waals surface area contributed by atoms with Crippen LogP contribution in [-0.4, -0.2) is 35.0 Å². The average molecular weight is 525 g/mol. The number of nitrogens with zero attached hydrogens (tertiary/aromatic N) is 3. The maximum absolute atomic E-state index is 12.9. The smallest absolute Gasteiger partial charge is 0.545 e. The number of hydrogen-bond donors (Lipinski definition) is 1. The molecule has 0 fully saturated rings. The standard InChI is InChI=1S/C22H19ClN4O5S.K/c1-13-19-20(18(22(28)29)11-24-21(19)27(2)26-13)25-12-33(30,31)17-9-7-16(8-10-17)32-15-5-3-14(23)4-6-15;/h3-11H,12H2,1-2H3,(H,24,25)(H,28,29);/q;+1/p-1. The van der Waals surface area contributed by atoms with Crippen molar-refractivity contribution < 1.29 is 74.4 Å². The summed E-state index contributed by atoms with van der Waals surface area (Å²) in [6.07, 6.45) is 1.12. The van der Waals surface area contributed by atoms with Gasteiger partial charge in [0, 0.05) is 23.8 Å². The van der Waals surface area contributed by atoms with Gasteiger partial charge in [-0.05, 0) is 55.5 Å². The summed E-state index contributed by atoms with van der Waals surface area (Å²) in [7, 11) is -2.15. The fraction of sp³-hybridized carbons (Fsp3) is 0.136. The van der Waals surface area contributed by atoms with Crippen molar-refractivity contribution in [3.63, 3.8) is 0 Å². The zero-order chi connectivity index (χ0) is 23.8. The van der Waals surface area contributed by atoms with Crippen LogP contribution >= 0.6 is 11.6 Å². The molecule has 0 amide bonds. The number of anilines is 1. The van der Waals surface area contributed by atoms with E-state index in [4.69, 9.17) is 16.3 Å². The number of carboxylic acid groups (broad SMARTS) is 1. The van der Waals surface area contributed by atoms with E-state index in [1.807, 2.05) is 0 Å². The zero-order valence-electron chi connectivity index (χ0n) is 18.6. The first-order valence-corrected chi connectivity index (χ1v) is 11.7. The predicted molar refractivity (Wildman–Crippen MR) is 121 cm³/mol. The Balaban J connectivity index is 0.00000324. The number of sulfone groups is 1. The quantitative estimate of drug-likeness (QED) is 0.333. The SMILES string of the molecule is Cc1nn(C)c2ncc(C(=O)[O-])c(NCS(=O)(=O)c3ccc(Oc4ccc(Cl)cc4)cc3)c12.[K+]. The number of fused-ring (bicyclic) bond motifs is 1. The number of benzene rings is 2. The molecule has 0 saturated heterocycles. The molecule has 1 N–H and O–H groups in total. The van der Waals surface area contributed by atoms with Gasteiger partial charge >= 0.3 is 51.4 Å². The minimum Gasteiger partial charge on any atom is -0.545 e. The molecule has 0 saturated carbocycles. The number of ether oxygens (including phenoxy) is 1. The topological polar surface area (TPSA) is 126 Å². The maximum Gasteiger partial charge on any atom is 1.00 e. The van der Waals surface area contributed by atoms with E-state index in [0.717, 1.165) is 6.20 Å². The summed E-state index contributed by atoms with van der Waals surface area (Å²) in [4.78, 5) is 15.7. The molecule has 170 valence electrons. The van der Waals surface area contributed by atoms with Crippen molar-refractivity contribution >= 4 is 44.1 Å². The Kier molecular flexibility index (Phi) is 8.40. The Morgan fingerprint density at radius 3 is 2.29 bits per heavy atom. The summed E-state index contributed by atoms with van der Waals surface area (Å²) in [5.41, 5.74) is 0.769. The van der Waals surface area contributed by atoms with E-state index in [2.05, 4.69) is 15.4 Å². The van der Waals surface area contributed by atoms with E-state index < -0.39 is 21.7 Å². The van der Waals surface area contributed by atoms with Gasteiger partial charge in [-0.2, -0.15) is 5.10 Å². The number of carbonyl (C=O) groups is 1. The molecular formula is C22H18ClKN4O5S. The molecule has 0 spiro atoms. The molecule has 12 heteroatoms. The van der Waals surface area contributed by atoms with Crippen LogP contribution in [-0.2, 0) is 16.9 Å². The molecule has 4 aromatic rings. The van der Waals surface area contributed by atoms with Crippen LogP contribution in [0.5, 0.6) is 11.5 Å². The molecule has 2 heterocycles. The van der Waals surface area contributed by atoms with Crippen molar-refractivity contribution in [1.82, 2.24) is 14.8 Å². The number of carbonyl (C=O) groups excluding carboxylic acids is 1. The van der Waals surface area contributed by atoms with E-state index in [-0.39, 0.29) is 67.5 Å². The third-order valence-corrected chi connectivity index (χ3v) is 6.69. The van der Waals surface area contributed by atoms with Gasteiger partial charge in [-0.1, -0.05) is 11.6 Å². The van der Waals surface area contributed by atoms with E-state index in [1.54, 1.807) is 38.2 Å². The number of aromatic carboxylic acids is 1. The van der Waals surface area contributed by atoms with Crippen molar-refractivity contribution in [1.29, 1.82) is 0 Å². The van der Waals surface area contributed by atoms with Gasteiger partial charge in [0.15, 0.2) is 15.5 Å². The molecule has 0 bridgehead atoms. The number of carboxylic acids is 1. The summed E-state index contributed by atoms with van der Waals surface area (Å²) < 4.78 is 33.0. The Hall–Kier alpha value is -1.99. The second kappa shape index (κ2) is 10.7. The predicted octanol–water partition coefficient (Wildman–Crippen LogP) is -0.0668. The first-order valence-electron chi connectivity index (χ1n) is 9.69. The number of rotatable bonds is 7. The van der Waals surface area contributed by atoms with Crippen LogP contribution in [0.3, 0.4) is 0 Å². The largest absolute Gasteiger partial charge is 1.00 e. The molecule has 4 rings (SSSR count). The molecule has 9 nitrogen and oxygen atoms in total. The van der Waals surface area contributed by atoms with Crippen molar-refractivity contribution in [2.45, 2.75) is 11.8 Å². The van der Waals surface area contributed by atoms with Crippen molar-refractivity contribution in [2.24, 2.45) is 7.05 Å². The minimum atomic E-state index is -3.82. The van der Waals surface area contributed by atoms with E-state index in [1.165, 1.54) is 28.9 Å². The van der Waals surface area contributed by atoms with E-state index in [0.29, 0.717) is 33.2 Å². The Labute approximate surface area is 243 Å². The first-order chi connectivity index (χ1) is 15.7. The third kappa shape index (κ3) is 5.62. The molecule has 0 atom stereocenters. The van der Waals surface area contributed by atoms with Crippen LogP contribution in [0.4, 0.5) is 5.69 Å². The summed E-state index contributed by atoms with van der Waals surface area (Å²) in [6, 6.07) is 12.7. The van der Waals surface area contributed by atoms with E-state index in [9.17, 15) is 18.3 Å². The Morgan fingerprint density at radius 2 is 1.71 bits per heavy atom. The van der Waals surface area contributed by atoms with Crippen LogP contribution in [0.25, 0.3) is 11.0 Å². The summed E-state index contributed by atoms with van der Waals surface area (Å²) in [5.74, 6) is -1.01. The van der Waals surface area contributed by atoms with Gasteiger partial charge < -0.3 is 20.0 Å². The van der Waals surface area contributed by atoms with Gasteiger partial charge in [0.05, 0.1) is 27.6 Å². The molecule has 2 aromatic carbocycles. The van der Waals surface area contributed by atoms with Gasteiger partial charge in [0.2, 0.25) is 0 Å². The summed E-state index contributed by atoms with van der Waals surface area (Å²) in [6.45, 7) is 1.68. The third-order valence-electron chi connectivity index (χ3n) is 4.92. The van der Waals surface area contributed by atoms with Gasteiger partial charge in [0.25, 0.3) is 0 Å². The number of aryl methyl sites for hydroxylation is 2. The fourth-order valence-electron chi connectivity index (χ4n) is 3.35. The van der Waals surface area contributed by atoms with Gasteiger partial charge in [-0.25, -0.2) is 13.4 Å². The molecule has 34 heavy (non-hydrogen) atoms. The number of hydrogen-bond acceptors (Lipinski definition) is 8. The molecule has 0 aliphatic carbocycles. The molecule has 0 unspecified atom stereocenters. The van der Waals surface area contributed by atoms with Crippen molar-refractivity contribution in [3.05, 3.63) is 71.0 Å². The zero-order valence-corrected chi connectivity index (χ0v) is 23.3. The monoisotopic (exact) mass is 524 g/mol. The van der Waals surface area contributed by atoms with Gasteiger partial charge in [-0.15, -0.1) is 0 Å². The van der Waals surface area contributed by atoms with Crippen molar-refractivity contribution in [3.8, 4) is 11.5 Å². The van der Waals surface area contributed by atoms with Crippen LogP contribution in [0.15, 0.2) is 59.6 Å². The Morgan fingerprint density at radius 1 is 1.12 bits per heavy atom. The number of nitrogens with one attached hydrogen (secondary N) is 1. The molecule has 2 aromatic heterocycles. The molecule has 0 aliphatic heterocycles. The summed E-state index contributed by atoms with van der Waals surface area (Å²) in [5, 5.41) is 19.6.